The lowest BCUT2D eigenvalue weighted by atomic mass is 9.91. The molecule has 3 aromatic carbocycles. The van der Waals surface area contributed by atoms with Gasteiger partial charge in [-0.05, 0) is 44.1 Å². The summed E-state index contributed by atoms with van der Waals surface area (Å²) in [5, 5.41) is 13.0. The maximum Gasteiger partial charge on any atom is 0.128 e. The molecule has 1 saturated heterocycles. The van der Waals surface area contributed by atoms with Crippen molar-refractivity contribution in [3.8, 4) is 23.0 Å². The van der Waals surface area contributed by atoms with E-state index in [1.165, 1.54) is 6.42 Å². The number of benzene rings is 3. The quantitative estimate of drug-likeness (QED) is 0.613. The van der Waals surface area contributed by atoms with Gasteiger partial charge in [0.25, 0.3) is 0 Å². The highest BCUT2D eigenvalue weighted by Gasteiger charge is 2.29. The van der Waals surface area contributed by atoms with Crippen molar-refractivity contribution < 1.29 is 19.3 Å². The monoisotopic (exact) mass is 407 g/mol. The highest BCUT2D eigenvalue weighted by molar-refractivity contribution is 5.94. The zero-order chi connectivity index (χ0) is 21.1. The Bertz CT molecular complexity index is 1030. The summed E-state index contributed by atoms with van der Waals surface area (Å²) in [6.07, 6.45) is 3.54. The minimum absolute atomic E-state index is 0.109. The molecule has 0 amide bonds. The minimum atomic E-state index is -0.109. The van der Waals surface area contributed by atoms with Crippen LogP contribution in [0.1, 0.15) is 36.4 Å². The van der Waals surface area contributed by atoms with Gasteiger partial charge in [0.1, 0.15) is 23.0 Å². The average molecular weight is 408 g/mol. The van der Waals surface area contributed by atoms with E-state index >= 15 is 0 Å². The number of piperidine rings is 1. The molecule has 0 spiro atoms. The third-order valence-corrected chi connectivity index (χ3v) is 6.03. The molecule has 30 heavy (non-hydrogen) atoms. The van der Waals surface area contributed by atoms with Gasteiger partial charge in [-0.15, -0.1) is 0 Å². The molecule has 0 unspecified atom stereocenters. The fourth-order valence-corrected chi connectivity index (χ4v) is 4.51. The molecule has 3 aromatic rings. The van der Waals surface area contributed by atoms with Crippen molar-refractivity contribution in [2.24, 2.45) is 0 Å². The Morgan fingerprint density at radius 2 is 1.50 bits per heavy atom. The summed E-state index contributed by atoms with van der Waals surface area (Å²) < 4.78 is 16.6. The fourth-order valence-electron chi connectivity index (χ4n) is 4.51. The van der Waals surface area contributed by atoms with Crippen LogP contribution < -0.4 is 14.2 Å². The highest BCUT2D eigenvalue weighted by atomic mass is 16.5. The van der Waals surface area contributed by atoms with Gasteiger partial charge in [0.15, 0.2) is 0 Å². The van der Waals surface area contributed by atoms with Gasteiger partial charge >= 0.3 is 0 Å². The van der Waals surface area contributed by atoms with Crippen molar-refractivity contribution in [2.75, 3.05) is 34.4 Å². The van der Waals surface area contributed by atoms with E-state index in [-0.39, 0.29) is 6.04 Å². The van der Waals surface area contributed by atoms with E-state index in [0.29, 0.717) is 5.75 Å². The Labute approximate surface area is 177 Å². The number of phenols is 1. The van der Waals surface area contributed by atoms with Crippen LogP contribution in [0.25, 0.3) is 10.8 Å². The topological polar surface area (TPSA) is 51.2 Å². The fraction of sp³-hybridized carbons (Fsp3) is 0.360. The molecule has 5 heteroatoms. The number of rotatable bonds is 6. The lowest BCUT2D eigenvalue weighted by molar-refractivity contribution is 0.182. The van der Waals surface area contributed by atoms with Gasteiger partial charge in [0, 0.05) is 28.0 Å². The Hall–Kier alpha value is -2.92. The van der Waals surface area contributed by atoms with E-state index in [9.17, 15) is 5.11 Å². The van der Waals surface area contributed by atoms with E-state index in [0.717, 1.165) is 65.1 Å². The Balaban J connectivity index is 1.90. The summed E-state index contributed by atoms with van der Waals surface area (Å²) in [5.74, 6) is 2.56. The molecule has 1 aliphatic rings. The average Bonchev–Trinajstić information content (AvgIpc) is 2.81. The second-order valence-electron chi connectivity index (χ2n) is 7.67. The van der Waals surface area contributed by atoms with Crippen LogP contribution in [0.5, 0.6) is 23.0 Å². The second-order valence-corrected chi connectivity index (χ2v) is 7.67. The third kappa shape index (κ3) is 3.65. The second kappa shape index (κ2) is 8.84. The molecule has 0 saturated carbocycles. The highest BCUT2D eigenvalue weighted by Crippen LogP contribution is 2.44. The molecule has 158 valence electrons. The first-order chi connectivity index (χ1) is 14.7. The van der Waals surface area contributed by atoms with Crippen molar-refractivity contribution in [2.45, 2.75) is 25.3 Å². The van der Waals surface area contributed by atoms with Crippen molar-refractivity contribution in [3.05, 3.63) is 59.7 Å². The van der Waals surface area contributed by atoms with E-state index < -0.39 is 0 Å². The standard InChI is InChI=1S/C25H29NO4/c1-28-17-10-11-20(23(16-17)30-3)24(26-14-5-4-6-15-26)21-13-12-18-19(25(21)27)8-7-9-22(18)29-2/h7-13,16,24,27H,4-6,14-15H2,1-3H3/t24-/m0/s1. The number of fused-ring (bicyclic) bond motifs is 1. The number of aromatic hydroxyl groups is 1. The number of phenolic OH excluding ortho intramolecular Hbond substituents is 1. The lowest BCUT2D eigenvalue weighted by Gasteiger charge is -2.36. The summed E-state index contributed by atoms with van der Waals surface area (Å²) in [6, 6.07) is 15.6. The molecular formula is C25H29NO4. The van der Waals surface area contributed by atoms with Crippen LogP contribution in [0.4, 0.5) is 0 Å². The van der Waals surface area contributed by atoms with Crippen LogP contribution in [0.3, 0.4) is 0 Å². The number of likely N-dealkylation sites (tertiary alicyclic amines) is 1. The van der Waals surface area contributed by atoms with Crippen LogP contribution in [-0.4, -0.2) is 44.4 Å². The Kier molecular flexibility index (Phi) is 6.00. The number of ether oxygens (including phenoxy) is 3. The van der Waals surface area contributed by atoms with Gasteiger partial charge in [-0.1, -0.05) is 30.7 Å². The third-order valence-electron chi connectivity index (χ3n) is 6.03. The van der Waals surface area contributed by atoms with Crippen molar-refractivity contribution in [1.82, 2.24) is 4.90 Å². The summed E-state index contributed by atoms with van der Waals surface area (Å²) in [6.45, 7) is 1.96. The van der Waals surface area contributed by atoms with Gasteiger partial charge in [-0.3, -0.25) is 4.90 Å². The molecule has 0 radical (unpaired) electrons. The van der Waals surface area contributed by atoms with E-state index in [4.69, 9.17) is 14.2 Å². The predicted octanol–water partition coefficient (Wildman–Crippen LogP) is 5.15. The van der Waals surface area contributed by atoms with Crippen molar-refractivity contribution >= 4 is 10.8 Å². The summed E-state index contributed by atoms with van der Waals surface area (Å²) in [5.41, 5.74) is 1.90. The molecule has 0 bridgehead atoms. The van der Waals surface area contributed by atoms with E-state index in [2.05, 4.69) is 4.90 Å². The number of methoxy groups -OCH3 is 3. The first-order valence-corrected chi connectivity index (χ1v) is 10.4. The number of hydrogen-bond acceptors (Lipinski definition) is 5. The predicted molar refractivity (Wildman–Crippen MR) is 119 cm³/mol. The maximum atomic E-state index is 11.3. The lowest BCUT2D eigenvalue weighted by Crippen LogP contribution is -2.34. The van der Waals surface area contributed by atoms with Crippen LogP contribution in [0.2, 0.25) is 0 Å². The molecule has 5 nitrogen and oxygen atoms in total. The van der Waals surface area contributed by atoms with Gasteiger partial charge in [-0.25, -0.2) is 0 Å². The molecule has 0 aromatic heterocycles. The van der Waals surface area contributed by atoms with Crippen LogP contribution >= 0.6 is 0 Å². The summed E-state index contributed by atoms with van der Waals surface area (Å²) in [4.78, 5) is 2.44. The molecule has 1 N–H and O–H groups in total. The summed E-state index contributed by atoms with van der Waals surface area (Å²) in [7, 11) is 4.98. The largest absolute Gasteiger partial charge is 0.507 e. The van der Waals surface area contributed by atoms with Gasteiger partial charge in [-0.2, -0.15) is 0 Å². The van der Waals surface area contributed by atoms with E-state index in [1.54, 1.807) is 21.3 Å². The van der Waals surface area contributed by atoms with Crippen LogP contribution in [0.15, 0.2) is 48.5 Å². The van der Waals surface area contributed by atoms with Crippen LogP contribution in [0, 0.1) is 0 Å². The first-order valence-electron chi connectivity index (χ1n) is 10.4. The minimum Gasteiger partial charge on any atom is -0.507 e. The van der Waals surface area contributed by atoms with Crippen molar-refractivity contribution in [3.63, 3.8) is 0 Å². The van der Waals surface area contributed by atoms with Crippen LogP contribution in [-0.2, 0) is 0 Å². The zero-order valence-corrected chi connectivity index (χ0v) is 17.9. The smallest absolute Gasteiger partial charge is 0.128 e. The number of nitrogens with zero attached hydrogens (tertiary/aromatic N) is 1. The molecule has 1 fully saturated rings. The summed E-state index contributed by atoms with van der Waals surface area (Å²) >= 11 is 0. The van der Waals surface area contributed by atoms with Gasteiger partial charge in [0.05, 0.1) is 27.4 Å². The zero-order valence-electron chi connectivity index (χ0n) is 17.9. The SMILES string of the molecule is COc1ccc([C@@H](c2ccc3c(OC)cccc3c2O)N2CCCCC2)c(OC)c1. The molecule has 1 atom stereocenters. The number of hydrogen-bond donors (Lipinski definition) is 1. The first kappa shape index (κ1) is 20.4. The molecule has 1 heterocycles. The van der Waals surface area contributed by atoms with Gasteiger partial charge in [0.2, 0.25) is 0 Å². The van der Waals surface area contributed by atoms with E-state index in [1.807, 2.05) is 48.5 Å². The molecular weight excluding hydrogens is 378 g/mol. The molecule has 1 aliphatic heterocycles. The molecule has 0 aliphatic carbocycles. The van der Waals surface area contributed by atoms with Gasteiger partial charge < -0.3 is 19.3 Å². The Morgan fingerprint density at radius 1 is 0.767 bits per heavy atom. The maximum absolute atomic E-state index is 11.3. The van der Waals surface area contributed by atoms with Crippen molar-refractivity contribution in [1.29, 1.82) is 0 Å². The Morgan fingerprint density at radius 3 is 2.20 bits per heavy atom. The molecule has 4 rings (SSSR count). The normalized spacial score (nSPS) is 15.7.